The van der Waals surface area contributed by atoms with Crippen molar-refractivity contribution in [3.63, 3.8) is 0 Å². The van der Waals surface area contributed by atoms with E-state index in [9.17, 15) is 8.78 Å². The average molecular weight is 293 g/mol. The van der Waals surface area contributed by atoms with Gasteiger partial charge in [-0.25, -0.2) is 8.78 Å². The van der Waals surface area contributed by atoms with E-state index in [2.05, 4.69) is 15.5 Å². The highest BCUT2D eigenvalue weighted by atomic mass is 19.1. The summed E-state index contributed by atoms with van der Waals surface area (Å²) < 4.78 is 30.4. The van der Waals surface area contributed by atoms with E-state index >= 15 is 0 Å². The molecule has 0 amide bonds. The van der Waals surface area contributed by atoms with Crippen molar-refractivity contribution in [2.75, 3.05) is 18.0 Å². The predicted octanol–water partition coefficient (Wildman–Crippen LogP) is 1.69. The molecule has 0 aliphatic carbocycles. The van der Waals surface area contributed by atoms with E-state index in [-0.39, 0.29) is 5.69 Å². The Morgan fingerprint density at radius 3 is 2.71 bits per heavy atom. The number of halogens is 2. The molecule has 0 spiro atoms. The molecule has 3 rings (SSSR count). The molecule has 0 bridgehead atoms. The van der Waals surface area contributed by atoms with Crippen LogP contribution in [0.4, 0.5) is 14.5 Å². The van der Waals surface area contributed by atoms with Gasteiger partial charge < -0.3 is 14.8 Å². The fourth-order valence-corrected chi connectivity index (χ4v) is 2.55. The quantitative estimate of drug-likeness (QED) is 0.932. The third-order valence-corrected chi connectivity index (χ3v) is 3.61. The summed E-state index contributed by atoms with van der Waals surface area (Å²) >= 11 is 0. The molecule has 1 N–H and O–H groups in total. The summed E-state index contributed by atoms with van der Waals surface area (Å²) in [6, 6.07) is 2.78. The van der Waals surface area contributed by atoms with E-state index in [1.807, 2.05) is 11.5 Å². The van der Waals surface area contributed by atoms with Crippen LogP contribution in [0.2, 0.25) is 0 Å². The second-order valence-electron chi connectivity index (χ2n) is 5.05. The number of anilines is 1. The van der Waals surface area contributed by atoms with Crippen molar-refractivity contribution in [1.82, 2.24) is 20.1 Å². The molecule has 112 valence electrons. The molecule has 2 aromatic rings. The van der Waals surface area contributed by atoms with Gasteiger partial charge in [0.15, 0.2) is 5.82 Å². The predicted molar refractivity (Wildman–Crippen MR) is 74.8 cm³/mol. The molecule has 2 heterocycles. The van der Waals surface area contributed by atoms with Crippen molar-refractivity contribution in [3.05, 3.63) is 41.5 Å². The molecule has 0 saturated heterocycles. The number of hydrogen-bond acceptors (Lipinski definition) is 4. The fourth-order valence-electron chi connectivity index (χ4n) is 2.55. The van der Waals surface area contributed by atoms with Crippen molar-refractivity contribution in [2.24, 2.45) is 0 Å². The second-order valence-corrected chi connectivity index (χ2v) is 5.05. The van der Waals surface area contributed by atoms with Crippen molar-refractivity contribution in [3.8, 4) is 0 Å². The number of nitrogens with one attached hydrogen (secondary N) is 1. The van der Waals surface area contributed by atoms with Crippen LogP contribution in [0, 0.1) is 11.6 Å². The highest BCUT2D eigenvalue weighted by Gasteiger charge is 2.23. The van der Waals surface area contributed by atoms with E-state index in [0.717, 1.165) is 12.4 Å². The van der Waals surface area contributed by atoms with Crippen LogP contribution in [0.5, 0.6) is 0 Å². The van der Waals surface area contributed by atoms with Crippen LogP contribution in [-0.2, 0) is 19.6 Å². The fraction of sp³-hybridized carbons (Fsp3) is 0.429. The largest absolute Gasteiger partial charge is 0.357 e. The van der Waals surface area contributed by atoms with E-state index in [1.54, 1.807) is 11.2 Å². The summed E-state index contributed by atoms with van der Waals surface area (Å²) in [7, 11) is 0. The second kappa shape index (κ2) is 5.77. The van der Waals surface area contributed by atoms with Gasteiger partial charge in [0.2, 0.25) is 0 Å². The van der Waals surface area contributed by atoms with Gasteiger partial charge in [-0.2, -0.15) is 0 Å². The van der Waals surface area contributed by atoms with E-state index in [4.69, 9.17) is 0 Å². The standard InChI is InChI=1S/C14H17F2N5/c1-2-17-7-10-5-11(15)14(12(16)6-10)20-3-4-21-9-18-19-13(21)8-20/h5-6,9,17H,2-4,7-8H2,1H3. The summed E-state index contributed by atoms with van der Waals surface area (Å²) in [5, 5.41) is 10.8. The van der Waals surface area contributed by atoms with E-state index < -0.39 is 11.6 Å². The Morgan fingerprint density at radius 1 is 1.24 bits per heavy atom. The number of aromatic nitrogens is 3. The van der Waals surface area contributed by atoms with Gasteiger partial charge in [0.05, 0.1) is 6.54 Å². The molecule has 21 heavy (non-hydrogen) atoms. The smallest absolute Gasteiger partial charge is 0.152 e. The minimum Gasteiger partial charge on any atom is -0.357 e. The molecule has 1 aliphatic heterocycles. The highest BCUT2D eigenvalue weighted by molar-refractivity contribution is 5.51. The Morgan fingerprint density at radius 2 is 2.00 bits per heavy atom. The summed E-state index contributed by atoms with van der Waals surface area (Å²) in [6.07, 6.45) is 1.64. The lowest BCUT2D eigenvalue weighted by Gasteiger charge is -2.29. The van der Waals surface area contributed by atoms with E-state index in [1.165, 1.54) is 12.1 Å². The first-order valence-electron chi connectivity index (χ1n) is 6.99. The van der Waals surface area contributed by atoms with Crippen LogP contribution in [-0.4, -0.2) is 27.9 Å². The third-order valence-electron chi connectivity index (χ3n) is 3.61. The molecule has 7 heteroatoms. The molecular formula is C14H17F2N5. The lowest BCUT2D eigenvalue weighted by atomic mass is 10.1. The maximum Gasteiger partial charge on any atom is 0.152 e. The van der Waals surface area contributed by atoms with Crippen molar-refractivity contribution >= 4 is 5.69 Å². The van der Waals surface area contributed by atoms with Crippen LogP contribution < -0.4 is 10.2 Å². The Kier molecular flexibility index (Phi) is 3.83. The van der Waals surface area contributed by atoms with Gasteiger partial charge in [0.1, 0.15) is 23.6 Å². The number of hydrogen-bond donors (Lipinski definition) is 1. The summed E-state index contributed by atoms with van der Waals surface area (Å²) in [5.41, 5.74) is 0.625. The first kappa shape index (κ1) is 13.9. The number of rotatable bonds is 4. The third kappa shape index (κ3) is 2.73. The van der Waals surface area contributed by atoms with Crippen LogP contribution >= 0.6 is 0 Å². The topological polar surface area (TPSA) is 46.0 Å². The average Bonchev–Trinajstić information content (AvgIpc) is 2.92. The van der Waals surface area contributed by atoms with Crippen LogP contribution in [0.3, 0.4) is 0 Å². The van der Waals surface area contributed by atoms with Gasteiger partial charge in [-0.3, -0.25) is 0 Å². The zero-order valence-corrected chi connectivity index (χ0v) is 11.8. The summed E-state index contributed by atoms with van der Waals surface area (Å²) in [5.74, 6) is -0.344. The van der Waals surface area contributed by atoms with Crippen LogP contribution in [0.15, 0.2) is 18.5 Å². The maximum absolute atomic E-state index is 14.3. The Hall–Kier alpha value is -2.02. The molecule has 1 aromatic heterocycles. The Balaban J connectivity index is 1.86. The first-order chi connectivity index (χ1) is 10.2. The zero-order chi connectivity index (χ0) is 14.8. The number of fused-ring (bicyclic) bond motifs is 1. The molecule has 0 atom stereocenters. The molecule has 0 fully saturated rings. The SMILES string of the molecule is CCNCc1cc(F)c(N2CCn3cnnc3C2)c(F)c1. The Bertz CT molecular complexity index is 617. The molecule has 5 nitrogen and oxygen atoms in total. The molecule has 0 radical (unpaired) electrons. The highest BCUT2D eigenvalue weighted by Crippen LogP contribution is 2.27. The Labute approximate surface area is 121 Å². The summed E-state index contributed by atoms with van der Waals surface area (Å²) in [6.45, 7) is 4.68. The van der Waals surface area contributed by atoms with E-state index in [0.29, 0.717) is 31.7 Å². The van der Waals surface area contributed by atoms with Crippen LogP contribution in [0.25, 0.3) is 0 Å². The monoisotopic (exact) mass is 293 g/mol. The van der Waals surface area contributed by atoms with Gasteiger partial charge in [-0.05, 0) is 24.2 Å². The van der Waals surface area contributed by atoms with Crippen LogP contribution in [0.1, 0.15) is 18.3 Å². The van der Waals surface area contributed by atoms with Gasteiger partial charge >= 0.3 is 0 Å². The molecular weight excluding hydrogens is 276 g/mol. The van der Waals surface area contributed by atoms with Crippen molar-refractivity contribution in [2.45, 2.75) is 26.6 Å². The van der Waals surface area contributed by atoms with Gasteiger partial charge in [0.25, 0.3) is 0 Å². The minimum absolute atomic E-state index is 0.0181. The van der Waals surface area contributed by atoms with Crippen molar-refractivity contribution in [1.29, 1.82) is 0 Å². The lowest BCUT2D eigenvalue weighted by molar-refractivity contribution is 0.520. The van der Waals surface area contributed by atoms with Gasteiger partial charge in [-0.1, -0.05) is 6.92 Å². The molecule has 0 unspecified atom stereocenters. The zero-order valence-electron chi connectivity index (χ0n) is 11.8. The minimum atomic E-state index is -0.532. The van der Waals surface area contributed by atoms with Gasteiger partial charge in [-0.15, -0.1) is 10.2 Å². The maximum atomic E-state index is 14.3. The lowest BCUT2D eigenvalue weighted by Crippen LogP contribution is -2.34. The molecule has 1 aliphatic rings. The van der Waals surface area contributed by atoms with Gasteiger partial charge in [0, 0.05) is 19.6 Å². The number of nitrogens with zero attached hydrogens (tertiary/aromatic N) is 4. The first-order valence-corrected chi connectivity index (χ1v) is 6.99. The summed E-state index contributed by atoms with van der Waals surface area (Å²) in [4.78, 5) is 1.67. The molecule has 0 saturated carbocycles. The van der Waals surface area contributed by atoms with Crippen molar-refractivity contribution < 1.29 is 8.78 Å². The number of benzene rings is 1. The molecule has 1 aromatic carbocycles. The normalized spacial score (nSPS) is 14.3.